The second kappa shape index (κ2) is 12.3. The highest BCUT2D eigenvalue weighted by molar-refractivity contribution is 5.89. The Balaban J connectivity index is 0.000000479. The minimum atomic E-state index is -5.08. The third-order valence-electron chi connectivity index (χ3n) is 5.82. The minimum absolute atomic E-state index is 0.118. The van der Waals surface area contributed by atoms with Crippen LogP contribution in [0.15, 0.2) is 61.1 Å². The molecular formula is C25H28F3N5O4. The lowest BCUT2D eigenvalue weighted by Crippen LogP contribution is -2.49. The van der Waals surface area contributed by atoms with Gasteiger partial charge in [-0.05, 0) is 49.4 Å². The number of imidazole rings is 1. The molecule has 9 nitrogen and oxygen atoms in total. The van der Waals surface area contributed by atoms with Crippen LogP contribution < -0.4 is 16.0 Å². The summed E-state index contributed by atoms with van der Waals surface area (Å²) < 4.78 is 33.6. The Morgan fingerprint density at radius 1 is 1.16 bits per heavy atom. The van der Waals surface area contributed by atoms with Crippen LogP contribution in [-0.2, 0) is 27.3 Å². The second-order valence-corrected chi connectivity index (χ2v) is 8.73. The standard InChI is InChI=1S/C23H27N5O2.C2HF3O2/c1-16(22(29)26-13-18-7-8-21-24-9-10-28(21)15-18)27-23(30)20-12-19(14-25-20)11-17-5-3-2-4-6-17;3-2(4,5)1(6)7/h2-10,15-16,19-20,25H,11-14H2,1H3,(H,26,29)(H,27,30);(H,6,7)/t16?,19-,20+;/m0./s1. The maximum Gasteiger partial charge on any atom is 0.490 e. The molecule has 1 fully saturated rings. The average molecular weight is 520 g/mol. The fourth-order valence-corrected chi connectivity index (χ4v) is 3.90. The number of hydrogen-bond acceptors (Lipinski definition) is 5. The molecule has 1 aliphatic heterocycles. The zero-order valence-electron chi connectivity index (χ0n) is 20.0. The lowest BCUT2D eigenvalue weighted by atomic mass is 9.96. The van der Waals surface area contributed by atoms with E-state index in [1.165, 1.54) is 5.56 Å². The fraction of sp³-hybridized carbons (Fsp3) is 0.360. The van der Waals surface area contributed by atoms with Crippen LogP contribution in [0.2, 0.25) is 0 Å². The van der Waals surface area contributed by atoms with Gasteiger partial charge in [0.15, 0.2) is 0 Å². The molecule has 12 heteroatoms. The number of hydrogen-bond donors (Lipinski definition) is 4. The first kappa shape index (κ1) is 27.7. The first-order valence-corrected chi connectivity index (χ1v) is 11.6. The normalized spacial score (nSPS) is 17.9. The van der Waals surface area contributed by atoms with E-state index in [4.69, 9.17) is 9.90 Å². The van der Waals surface area contributed by atoms with Crippen LogP contribution in [0.5, 0.6) is 0 Å². The van der Waals surface area contributed by atoms with E-state index in [2.05, 4.69) is 33.1 Å². The summed E-state index contributed by atoms with van der Waals surface area (Å²) in [5.74, 6) is -2.65. The lowest BCUT2D eigenvalue weighted by Gasteiger charge is -2.17. The largest absolute Gasteiger partial charge is 0.490 e. The molecule has 2 amide bonds. The maximum atomic E-state index is 12.6. The van der Waals surface area contributed by atoms with Gasteiger partial charge in [0.25, 0.3) is 0 Å². The number of halogens is 3. The fourth-order valence-electron chi connectivity index (χ4n) is 3.90. The Morgan fingerprint density at radius 3 is 2.54 bits per heavy atom. The van der Waals surface area contributed by atoms with Gasteiger partial charge in [-0.1, -0.05) is 36.4 Å². The van der Waals surface area contributed by atoms with Gasteiger partial charge < -0.3 is 25.5 Å². The lowest BCUT2D eigenvalue weighted by molar-refractivity contribution is -0.192. The van der Waals surface area contributed by atoms with E-state index in [-0.39, 0.29) is 17.9 Å². The first-order chi connectivity index (χ1) is 17.5. The van der Waals surface area contributed by atoms with Gasteiger partial charge in [-0.15, -0.1) is 0 Å². The SMILES string of the molecule is CC(NC(=O)[C@H]1C[C@H](Cc2ccccc2)CN1)C(=O)NCc1ccc2nccn2c1.O=C(O)C(F)(F)F. The number of benzene rings is 1. The van der Waals surface area contributed by atoms with Crippen molar-refractivity contribution in [2.24, 2.45) is 5.92 Å². The summed E-state index contributed by atoms with van der Waals surface area (Å²) >= 11 is 0. The van der Waals surface area contributed by atoms with Crippen molar-refractivity contribution in [1.82, 2.24) is 25.3 Å². The highest BCUT2D eigenvalue weighted by Crippen LogP contribution is 2.19. The van der Waals surface area contributed by atoms with Crippen LogP contribution in [0.25, 0.3) is 5.65 Å². The zero-order valence-corrected chi connectivity index (χ0v) is 20.0. The summed E-state index contributed by atoms with van der Waals surface area (Å²) in [4.78, 5) is 38.1. The van der Waals surface area contributed by atoms with E-state index >= 15 is 0 Å². The summed E-state index contributed by atoms with van der Waals surface area (Å²) in [5.41, 5.74) is 3.11. The molecule has 2 aromatic heterocycles. The molecule has 1 saturated heterocycles. The molecule has 1 aliphatic rings. The molecule has 0 aliphatic carbocycles. The highest BCUT2D eigenvalue weighted by atomic mass is 19.4. The number of carbonyl (C=O) groups excluding carboxylic acids is 2. The maximum absolute atomic E-state index is 12.6. The van der Waals surface area contributed by atoms with Crippen LogP contribution in [-0.4, -0.2) is 57.1 Å². The Labute approximate surface area is 211 Å². The summed E-state index contributed by atoms with van der Waals surface area (Å²) in [6, 6.07) is 13.3. The van der Waals surface area contributed by atoms with Crippen molar-refractivity contribution in [2.75, 3.05) is 6.54 Å². The molecule has 4 N–H and O–H groups in total. The van der Waals surface area contributed by atoms with Crippen molar-refractivity contribution in [2.45, 2.75) is 44.6 Å². The monoisotopic (exact) mass is 519 g/mol. The van der Waals surface area contributed by atoms with Gasteiger partial charge in [-0.2, -0.15) is 13.2 Å². The second-order valence-electron chi connectivity index (χ2n) is 8.73. The smallest absolute Gasteiger partial charge is 0.475 e. The molecule has 4 rings (SSSR count). The number of alkyl halides is 3. The molecule has 0 saturated carbocycles. The third-order valence-corrected chi connectivity index (χ3v) is 5.82. The van der Waals surface area contributed by atoms with Crippen LogP contribution in [0.3, 0.4) is 0 Å². The van der Waals surface area contributed by atoms with Crippen molar-refractivity contribution < 1.29 is 32.7 Å². The van der Waals surface area contributed by atoms with Crippen LogP contribution in [0.1, 0.15) is 24.5 Å². The number of pyridine rings is 1. The van der Waals surface area contributed by atoms with Crippen molar-refractivity contribution in [1.29, 1.82) is 0 Å². The molecule has 3 aromatic rings. The highest BCUT2D eigenvalue weighted by Gasteiger charge is 2.38. The number of aromatic nitrogens is 2. The average Bonchev–Trinajstić information content (AvgIpc) is 3.52. The summed E-state index contributed by atoms with van der Waals surface area (Å²) in [5, 5.41) is 16.1. The van der Waals surface area contributed by atoms with Crippen molar-refractivity contribution in [3.05, 3.63) is 72.2 Å². The topological polar surface area (TPSA) is 125 Å². The molecule has 1 aromatic carbocycles. The first-order valence-electron chi connectivity index (χ1n) is 11.6. The molecule has 0 spiro atoms. The Bertz CT molecular complexity index is 1220. The van der Waals surface area contributed by atoms with Gasteiger partial charge in [0.05, 0.1) is 6.04 Å². The van der Waals surface area contributed by atoms with Gasteiger partial charge in [0.2, 0.25) is 11.8 Å². The van der Waals surface area contributed by atoms with E-state index in [1.807, 2.05) is 47.1 Å². The van der Waals surface area contributed by atoms with Gasteiger partial charge in [0, 0.05) is 25.1 Å². The van der Waals surface area contributed by atoms with Gasteiger partial charge >= 0.3 is 12.1 Å². The Morgan fingerprint density at radius 2 is 1.86 bits per heavy atom. The number of carbonyl (C=O) groups is 3. The molecule has 3 heterocycles. The predicted octanol–water partition coefficient (Wildman–Crippen LogP) is 2.31. The van der Waals surface area contributed by atoms with Crippen molar-refractivity contribution in [3.63, 3.8) is 0 Å². The van der Waals surface area contributed by atoms with Crippen LogP contribution in [0, 0.1) is 5.92 Å². The van der Waals surface area contributed by atoms with E-state index < -0.39 is 18.2 Å². The quantitative estimate of drug-likeness (QED) is 0.380. The summed E-state index contributed by atoms with van der Waals surface area (Å²) in [6.07, 6.45) is 2.18. The summed E-state index contributed by atoms with van der Waals surface area (Å²) in [7, 11) is 0. The number of carboxylic acid groups (broad SMARTS) is 1. The van der Waals surface area contributed by atoms with E-state index in [0.29, 0.717) is 12.5 Å². The van der Waals surface area contributed by atoms with Gasteiger partial charge in [-0.25, -0.2) is 9.78 Å². The Kier molecular flexibility index (Phi) is 9.23. The molecular weight excluding hydrogens is 491 g/mol. The van der Waals surface area contributed by atoms with E-state index in [1.54, 1.807) is 13.1 Å². The number of nitrogens with one attached hydrogen (secondary N) is 3. The number of aliphatic carboxylic acids is 1. The van der Waals surface area contributed by atoms with Crippen LogP contribution >= 0.6 is 0 Å². The third kappa shape index (κ3) is 8.31. The number of fused-ring (bicyclic) bond motifs is 1. The predicted molar refractivity (Wildman–Crippen MR) is 128 cm³/mol. The number of nitrogens with zero attached hydrogens (tertiary/aromatic N) is 2. The minimum Gasteiger partial charge on any atom is -0.475 e. The zero-order chi connectivity index (χ0) is 27.0. The van der Waals surface area contributed by atoms with Gasteiger partial charge in [0.1, 0.15) is 11.7 Å². The molecule has 0 radical (unpaired) electrons. The number of carboxylic acids is 1. The van der Waals surface area contributed by atoms with Gasteiger partial charge in [-0.3, -0.25) is 9.59 Å². The van der Waals surface area contributed by atoms with Crippen molar-refractivity contribution in [3.8, 4) is 0 Å². The molecule has 1 unspecified atom stereocenters. The molecule has 198 valence electrons. The number of amides is 2. The molecule has 37 heavy (non-hydrogen) atoms. The Hall–Kier alpha value is -3.93. The van der Waals surface area contributed by atoms with Crippen molar-refractivity contribution >= 4 is 23.4 Å². The van der Waals surface area contributed by atoms with E-state index in [9.17, 15) is 22.8 Å². The molecule has 0 bridgehead atoms. The number of rotatable bonds is 7. The van der Waals surface area contributed by atoms with E-state index in [0.717, 1.165) is 30.6 Å². The van der Waals surface area contributed by atoms with Crippen LogP contribution in [0.4, 0.5) is 13.2 Å². The molecule has 3 atom stereocenters. The summed E-state index contributed by atoms with van der Waals surface area (Å²) in [6.45, 7) is 2.92.